The predicted molar refractivity (Wildman–Crippen MR) is 96.6 cm³/mol. The summed E-state index contributed by atoms with van der Waals surface area (Å²) in [6.07, 6.45) is 1.53. The Morgan fingerprint density at radius 1 is 1.12 bits per heavy atom. The number of hydrogen-bond acceptors (Lipinski definition) is 4. The number of carbonyl (C=O) groups is 1. The van der Waals surface area contributed by atoms with E-state index in [1.54, 1.807) is 12.1 Å². The number of likely N-dealkylation sites (N-methyl/N-ethyl adjacent to an activating group) is 1. The van der Waals surface area contributed by atoms with Crippen molar-refractivity contribution in [1.29, 1.82) is 0 Å². The van der Waals surface area contributed by atoms with Gasteiger partial charge < -0.3 is 10.6 Å². The molecule has 0 fully saturated rings. The second-order valence-corrected chi connectivity index (χ2v) is 7.77. The summed E-state index contributed by atoms with van der Waals surface area (Å²) in [7, 11) is -1.68. The number of nitrogens with one attached hydrogen (secondary N) is 2. The maximum atomic E-state index is 12.7. The first-order valence-electron chi connectivity index (χ1n) is 8.42. The van der Waals surface area contributed by atoms with Crippen molar-refractivity contribution in [3.05, 3.63) is 29.8 Å². The van der Waals surface area contributed by atoms with Gasteiger partial charge in [0.1, 0.15) is 0 Å². The maximum Gasteiger partial charge on any atom is 0.251 e. The van der Waals surface area contributed by atoms with Crippen LogP contribution in [-0.4, -0.2) is 51.4 Å². The van der Waals surface area contributed by atoms with Gasteiger partial charge >= 0.3 is 0 Å². The summed E-state index contributed by atoms with van der Waals surface area (Å²) in [4.78, 5) is 12.3. The summed E-state index contributed by atoms with van der Waals surface area (Å²) in [5.41, 5.74) is 0.454. The van der Waals surface area contributed by atoms with Crippen molar-refractivity contribution in [1.82, 2.24) is 14.9 Å². The summed E-state index contributed by atoms with van der Waals surface area (Å²) >= 11 is 0. The van der Waals surface area contributed by atoms with Crippen molar-refractivity contribution < 1.29 is 13.2 Å². The first kappa shape index (κ1) is 20.6. The number of hydrogen-bond donors (Lipinski definition) is 2. The SMILES string of the molecule is CCCN(CCC)S(=O)(=O)c1ccc(C(=O)NCC(C)NC)cc1. The lowest BCUT2D eigenvalue weighted by atomic mass is 10.2. The minimum absolute atomic E-state index is 0.172. The van der Waals surface area contributed by atoms with E-state index in [0.29, 0.717) is 25.2 Å². The van der Waals surface area contributed by atoms with Crippen molar-refractivity contribution in [2.45, 2.75) is 44.6 Å². The summed E-state index contributed by atoms with van der Waals surface area (Å²) in [6, 6.07) is 6.30. The maximum absolute atomic E-state index is 12.7. The van der Waals surface area contributed by atoms with Crippen molar-refractivity contribution in [2.24, 2.45) is 0 Å². The Hall–Kier alpha value is -1.44. The quantitative estimate of drug-likeness (QED) is 0.671. The third-order valence-electron chi connectivity index (χ3n) is 3.76. The first-order chi connectivity index (χ1) is 11.4. The predicted octanol–water partition coefficient (Wildman–Crippen LogP) is 1.83. The zero-order valence-corrected chi connectivity index (χ0v) is 15.8. The van der Waals surface area contributed by atoms with Gasteiger partial charge in [-0.05, 0) is 51.1 Å². The molecule has 1 aromatic rings. The Balaban J connectivity index is 2.87. The third-order valence-corrected chi connectivity index (χ3v) is 5.67. The minimum atomic E-state index is -3.51. The van der Waals surface area contributed by atoms with E-state index in [2.05, 4.69) is 10.6 Å². The van der Waals surface area contributed by atoms with Crippen LogP contribution in [0, 0.1) is 0 Å². The van der Waals surface area contributed by atoms with E-state index in [1.165, 1.54) is 16.4 Å². The molecule has 1 rings (SSSR count). The van der Waals surface area contributed by atoms with E-state index in [1.807, 2.05) is 27.8 Å². The average molecular weight is 356 g/mol. The summed E-state index contributed by atoms with van der Waals surface area (Å²) < 4.78 is 26.8. The molecule has 1 atom stereocenters. The van der Waals surface area contributed by atoms with Crippen LogP contribution in [0.3, 0.4) is 0 Å². The van der Waals surface area contributed by atoms with E-state index in [4.69, 9.17) is 0 Å². The molecule has 0 spiro atoms. The smallest absolute Gasteiger partial charge is 0.251 e. The molecule has 24 heavy (non-hydrogen) atoms. The van der Waals surface area contributed by atoms with E-state index < -0.39 is 10.0 Å². The molecule has 0 aliphatic heterocycles. The Bertz CT molecular complexity index is 608. The highest BCUT2D eigenvalue weighted by Gasteiger charge is 2.23. The number of nitrogens with zero attached hydrogens (tertiary/aromatic N) is 1. The molecule has 0 aromatic heterocycles. The Morgan fingerprint density at radius 3 is 2.12 bits per heavy atom. The van der Waals surface area contributed by atoms with Gasteiger partial charge in [0.15, 0.2) is 0 Å². The van der Waals surface area contributed by atoms with E-state index in [0.717, 1.165) is 12.8 Å². The van der Waals surface area contributed by atoms with Crippen LogP contribution in [-0.2, 0) is 10.0 Å². The average Bonchev–Trinajstić information content (AvgIpc) is 2.59. The standard InChI is InChI=1S/C17H29N3O3S/c1-5-11-20(12-6-2)24(22,23)16-9-7-15(8-10-16)17(21)19-13-14(3)18-4/h7-10,14,18H,5-6,11-13H2,1-4H3,(H,19,21). The molecule has 0 radical (unpaired) electrons. The van der Waals surface area contributed by atoms with Gasteiger partial charge in [-0.25, -0.2) is 8.42 Å². The largest absolute Gasteiger partial charge is 0.350 e. The fraction of sp³-hybridized carbons (Fsp3) is 0.588. The number of amides is 1. The van der Waals surface area contributed by atoms with Crippen LogP contribution in [0.1, 0.15) is 44.0 Å². The molecule has 0 aliphatic rings. The zero-order chi connectivity index (χ0) is 18.2. The van der Waals surface area contributed by atoms with Crippen LogP contribution in [0.25, 0.3) is 0 Å². The lowest BCUT2D eigenvalue weighted by Gasteiger charge is -2.21. The fourth-order valence-corrected chi connectivity index (χ4v) is 3.85. The van der Waals surface area contributed by atoms with Crippen molar-refractivity contribution in [3.8, 4) is 0 Å². The van der Waals surface area contributed by atoms with Crippen LogP contribution in [0.2, 0.25) is 0 Å². The first-order valence-corrected chi connectivity index (χ1v) is 9.86. The molecule has 1 aromatic carbocycles. The molecule has 6 nitrogen and oxygen atoms in total. The monoisotopic (exact) mass is 355 g/mol. The third kappa shape index (κ3) is 5.58. The van der Waals surface area contributed by atoms with E-state index in [9.17, 15) is 13.2 Å². The molecule has 0 aliphatic carbocycles. The highest BCUT2D eigenvalue weighted by Crippen LogP contribution is 2.17. The van der Waals surface area contributed by atoms with Gasteiger partial charge in [-0.3, -0.25) is 4.79 Å². The molecule has 0 bridgehead atoms. The lowest BCUT2D eigenvalue weighted by Crippen LogP contribution is -2.37. The lowest BCUT2D eigenvalue weighted by molar-refractivity contribution is 0.0950. The second-order valence-electron chi connectivity index (χ2n) is 5.83. The van der Waals surface area contributed by atoms with Gasteiger partial charge in [0.05, 0.1) is 4.90 Å². The normalized spacial score (nSPS) is 13.0. The van der Waals surface area contributed by atoms with Crippen molar-refractivity contribution in [2.75, 3.05) is 26.7 Å². The van der Waals surface area contributed by atoms with Crippen molar-refractivity contribution in [3.63, 3.8) is 0 Å². The molecule has 1 amide bonds. The highest BCUT2D eigenvalue weighted by molar-refractivity contribution is 7.89. The van der Waals surface area contributed by atoms with Crippen LogP contribution in [0.5, 0.6) is 0 Å². The minimum Gasteiger partial charge on any atom is -0.350 e. The topological polar surface area (TPSA) is 78.5 Å². The van der Waals surface area contributed by atoms with Gasteiger partial charge in [-0.15, -0.1) is 0 Å². The number of benzene rings is 1. The Labute approximate surface area is 145 Å². The van der Waals surface area contributed by atoms with Gasteiger partial charge in [-0.2, -0.15) is 4.31 Å². The van der Waals surface area contributed by atoms with Crippen LogP contribution in [0.15, 0.2) is 29.2 Å². The van der Waals surface area contributed by atoms with Gasteiger partial charge in [0.25, 0.3) is 5.91 Å². The van der Waals surface area contributed by atoms with Crippen molar-refractivity contribution >= 4 is 15.9 Å². The summed E-state index contributed by atoms with van der Waals surface area (Å²) in [5.74, 6) is -0.208. The van der Waals surface area contributed by atoms with E-state index in [-0.39, 0.29) is 16.8 Å². The number of rotatable bonds is 10. The molecule has 0 saturated carbocycles. The molecular formula is C17H29N3O3S. The second kappa shape index (κ2) is 9.76. The Morgan fingerprint density at radius 2 is 1.67 bits per heavy atom. The van der Waals surface area contributed by atoms with Crippen LogP contribution >= 0.6 is 0 Å². The molecule has 0 saturated heterocycles. The van der Waals surface area contributed by atoms with Gasteiger partial charge in [0, 0.05) is 31.2 Å². The van der Waals surface area contributed by atoms with Gasteiger partial charge in [0.2, 0.25) is 10.0 Å². The highest BCUT2D eigenvalue weighted by atomic mass is 32.2. The summed E-state index contributed by atoms with van der Waals surface area (Å²) in [6.45, 7) is 7.39. The Kier molecular flexibility index (Phi) is 8.38. The number of carbonyl (C=O) groups excluding carboxylic acids is 1. The van der Waals surface area contributed by atoms with Crippen LogP contribution in [0.4, 0.5) is 0 Å². The van der Waals surface area contributed by atoms with Crippen LogP contribution < -0.4 is 10.6 Å². The van der Waals surface area contributed by atoms with Gasteiger partial charge in [-0.1, -0.05) is 13.8 Å². The molecule has 2 N–H and O–H groups in total. The molecular weight excluding hydrogens is 326 g/mol. The number of sulfonamides is 1. The molecule has 0 heterocycles. The molecule has 7 heteroatoms. The molecule has 1 unspecified atom stereocenters. The van der Waals surface area contributed by atoms with E-state index >= 15 is 0 Å². The molecule has 136 valence electrons. The zero-order valence-electron chi connectivity index (χ0n) is 15.0. The summed E-state index contributed by atoms with van der Waals surface area (Å²) in [5, 5.41) is 5.85. The fourth-order valence-electron chi connectivity index (χ4n) is 2.23.